The molecular formula is C25H27F2N7O2. The zero-order chi connectivity index (χ0) is 25.2. The van der Waals surface area contributed by atoms with E-state index in [2.05, 4.69) is 30.6 Å². The number of pyridine rings is 1. The molecule has 1 saturated heterocycles. The normalized spacial score (nSPS) is 16.0. The van der Waals surface area contributed by atoms with Crippen molar-refractivity contribution >= 4 is 22.8 Å². The van der Waals surface area contributed by atoms with Crippen LogP contribution < -0.4 is 15.4 Å². The molecule has 11 heteroatoms. The van der Waals surface area contributed by atoms with Gasteiger partial charge in [-0.2, -0.15) is 0 Å². The molecule has 1 fully saturated rings. The highest BCUT2D eigenvalue weighted by molar-refractivity contribution is 5.83. The summed E-state index contributed by atoms with van der Waals surface area (Å²) in [5, 5.41) is 6.21. The first-order valence-electron chi connectivity index (χ1n) is 11.8. The molecule has 1 aliphatic rings. The predicted molar refractivity (Wildman–Crippen MR) is 131 cm³/mol. The van der Waals surface area contributed by atoms with Crippen molar-refractivity contribution in [3.05, 3.63) is 54.1 Å². The zero-order valence-electron chi connectivity index (χ0n) is 20.3. The van der Waals surface area contributed by atoms with Crippen LogP contribution in [0, 0.1) is 18.6 Å². The van der Waals surface area contributed by atoms with Crippen LogP contribution in [0.2, 0.25) is 0 Å². The van der Waals surface area contributed by atoms with Crippen LogP contribution in [0.1, 0.15) is 25.7 Å². The molecule has 1 unspecified atom stereocenters. The van der Waals surface area contributed by atoms with Crippen LogP contribution in [0.4, 0.5) is 20.5 Å². The summed E-state index contributed by atoms with van der Waals surface area (Å²) < 4.78 is 42.9. The lowest BCUT2D eigenvalue weighted by Crippen LogP contribution is -2.41. The number of aryl methyl sites for hydroxylation is 1. The predicted octanol–water partition coefficient (Wildman–Crippen LogP) is 4.17. The lowest BCUT2D eigenvalue weighted by Gasteiger charge is -2.23. The minimum absolute atomic E-state index is 0.00487. The number of fused-ring (bicyclic) bond motifs is 1. The van der Waals surface area contributed by atoms with Crippen LogP contribution in [0.5, 0.6) is 5.75 Å². The summed E-state index contributed by atoms with van der Waals surface area (Å²) in [5.41, 5.74) is 1.09. The molecule has 1 atom stereocenters. The highest BCUT2D eigenvalue weighted by Crippen LogP contribution is 2.30. The molecule has 36 heavy (non-hydrogen) atoms. The minimum atomic E-state index is -0.664. The number of nitrogens with zero attached hydrogens (tertiary/aromatic N) is 5. The number of nitrogens with one attached hydrogen (secondary N) is 2. The Morgan fingerprint density at radius 1 is 1.17 bits per heavy atom. The van der Waals surface area contributed by atoms with Gasteiger partial charge in [-0.3, -0.25) is 0 Å². The van der Waals surface area contributed by atoms with Crippen molar-refractivity contribution < 1.29 is 18.3 Å². The third kappa shape index (κ3) is 4.98. The number of hydrogen-bond acceptors (Lipinski definition) is 8. The van der Waals surface area contributed by atoms with E-state index in [1.807, 2.05) is 25.3 Å². The van der Waals surface area contributed by atoms with Crippen LogP contribution in [-0.4, -0.2) is 56.9 Å². The van der Waals surface area contributed by atoms with Crippen molar-refractivity contribution in [2.24, 2.45) is 0 Å². The van der Waals surface area contributed by atoms with Gasteiger partial charge in [0, 0.05) is 24.7 Å². The molecular weight excluding hydrogens is 468 g/mol. The first-order valence-corrected chi connectivity index (χ1v) is 11.8. The van der Waals surface area contributed by atoms with Gasteiger partial charge in [-0.1, -0.05) is 0 Å². The Balaban J connectivity index is 1.35. The standard InChI is InChI=1S/C25H27F2N7O2/c1-14(2)34-15(3)31-24-19(26)8-16(9-21(24)34)23-20(27)12-30-25(33-23)32-22-5-4-17(11-29-22)36-13-18-10-28-6-7-35-18/h4-5,8-9,11-12,14,18,28H,6-7,10,13H2,1-3H3,(H,29,30,32,33). The average molecular weight is 496 g/mol. The van der Waals surface area contributed by atoms with Gasteiger partial charge in [0.2, 0.25) is 5.95 Å². The van der Waals surface area contributed by atoms with E-state index in [-0.39, 0.29) is 29.3 Å². The molecule has 4 aromatic rings. The first-order chi connectivity index (χ1) is 17.4. The van der Waals surface area contributed by atoms with E-state index < -0.39 is 11.6 Å². The lowest BCUT2D eigenvalue weighted by atomic mass is 10.1. The Hall–Kier alpha value is -3.70. The molecule has 5 rings (SSSR count). The maximum absolute atomic E-state index is 14.9. The van der Waals surface area contributed by atoms with Crippen LogP contribution >= 0.6 is 0 Å². The third-order valence-corrected chi connectivity index (χ3v) is 5.88. The van der Waals surface area contributed by atoms with Gasteiger partial charge in [0.25, 0.3) is 0 Å². The van der Waals surface area contributed by atoms with Crippen molar-refractivity contribution in [1.29, 1.82) is 0 Å². The van der Waals surface area contributed by atoms with Gasteiger partial charge >= 0.3 is 0 Å². The highest BCUT2D eigenvalue weighted by atomic mass is 19.1. The molecule has 0 saturated carbocycles. The molecule has 188 valence electrons. The number of rotatable bonds is 7. The summed E-state index contributed by atoms with van der Waals surface area (Å²) in [7, 11) is 0. The third-order valence-electron chi connectivity index (χ3n) is 5.88. The number of benzene rings is 1. The molecule has 0 spiro atoms. The van der Waals surface area contributed by atoms with Crippen LogP contribution in [0.3, 0.4) is 0 Å². The molecule has 1 aromatic carbocycles. The SMILES string of the molecule is Cc1nc2c(F)cc(-c3nc(Nc4ccc(OCC5CNCCO5)cn4)ncc3F)cc2n1C(C)C. The highest BCUT2D eigenvalue weighted by Gasteiger charge is 2.19. The maximum Gasteiger partial charge on any atom is 0.229 e. The Labute approximate surface area is 206 Å². The minimum Gasteiger partial charge on any atom is -0.489 e. The van der Waals surface area contributed by atoms with Gasteiger partial charge < -0.3 is 24.7 Å². The number of aromatic nitrogens is 5. The van der Waals surface area contributed by atoms with Crippen LogP contribution in [-0.2, 0) is 4.74 Å². The summed E-state index contributed by atoms with van der Waals surface area (Å²) in [5.74, 6) is 0.653. The van der Waals surface area contributed by atoms with Gasteiger partial charge in [0.05, 0.1) is 24.5 Å². The summed E-state index contributed by atoms with van der Waals surface area (Å²) in [6.45, 7) is 8.45. The van der Waals surface area contributed by atoms with E-state index in [4.69, 9.17) is 9.47 Å². The van der Waals surface area contributed by atoms with E-state index in [1.54, 1.807) is 24.4 Å². The van der Waals surface area contributed by atoms with Gasteiger partial charge in [-0.05, 0) is 45.0 Å². The van der Waals surface area contributed by atoms with Crippen molar-refractivity contribution in [1.82, 2.24) is 29.8 Å². The smallest absolute Gasteiger partial charge is 0.229 e. The number of imidazole rings is 1. The topological polar surface area (TPSA) is 99.0 Å². The summed E-state index contributed by atoms with van der Waals surface area (Å²) in [4.78, 5) is 17.0. The second kappa shape index (κ2) is 10.1. The van der Waals surface area contributed by atoms with Crippen LogP contribution in [0.15, 0.2) is 36.7 Å². The quantitative estimate of drug-likeness (QED) is 0.394. The van der Waals surface area contributed by atoms with E-state index in [0.29, 0.717) is 41.7 Å². The van der Waals surface area contributed by atoms with Gasteiger partial charge in [-0.25, -0.2) is 28.7 Å². The molecule has 9 nitrogen and oxygen atoms in total. The molecule has 0 bridgehead atoms. The van der Waals surface area contributed by atoms with Crippen molar-refractivity contribution in [2.75, 3.05) is 31.6 Å². The Morgan fingerprint density at radius 2 is 2.03 bits per heavy atom. The van der Waals surface area contributed by atoms with E-state index in [0.717, 1.165) is 19.3 Å². The van der Waals surface area contributed by atoms with Gasteiger partial charge in [0.1, 0.15) is 41.3 Å². The number of anilines is 2. The zero-order valence-corrected chi connectivity index (χ0v) is 20.3. The summed E-state index contributed by atoms with van der Waals surface area (Å²) in [6, 6.07) is 6.46. The number of ether oxygens (including phenoxy) is 2. The molecule has 4 heterocycles. The molecule has 2 N–H and O–H groups in total. The van der Waals surface area contributed by atoms with E-state index >= 15 is 0 Å². The summed E-state index contributed by atoms with van der Waals surface area (Å²) >= 11 is 0. The number of halogens is 2. The fraction of sp³-hybridized carbons (Fsp3) is 0.360. The number of morpholine rings is 1. The fourth-order valence-corrected chi connectivity index (χ4v) is 4.26. The Bertz CT molecular complexity index is 1370. The molecule has 0 aliphatic carbocycles. The van der Waals surface area contributed by atoms with E-state index in [9.17, 15) is 8.78 Å². The largest absolute Gasteiger partial charge is 0.489 e. The first kappa shape index (κ1) is 24.0. The maximum atomic E-state index is 14.9. The number of hydrogen-bond donors (Lipinski definition) is 2. The molecule has 0 radical (unpaired) electrons. The monoisotopic (exact) mass is 495 g/mol. The second-order valence-corrected chi connectivity index (χ2v) is 8.85. The van der Waals surface area contributed by atoms with Crippen molar-refractivity contribution in [2.45, 2.75) is 32.9 Å². The Morgan fingerprint density at radius 3 is 2.75 bits per heavy atom. The summed E-state index contributed by atoms with van der Waals surface area (Å²) in [6.07, 6.45) is 2.62. The molecule has 0 amide bonds. The van der Waals surface area contributed by atoms with Crippen molar-refractivity contribution in [3.63, 3.8) is 0 Å². The second-order valence-electron chi connectivity index (χ2n) is 8.85. The molecule has 3 aromatic heterocycles. The fourth-order valence-electron chi connectivity index (χ4n) is 4.26. The molecule has 1 aliphatic heterocycles. The van der Waals surface area contributed by atoms with Crippen LogP contribution in [0.25, 0.3) is 22.3 Å². The Kier molecular flexibility index (Phi) is 6.75. The van der Waals surface area contributed by atoms with Gasteiger partial charge in [0.15, 0.2) is 11.6 Å². The van der Waals surface area contributed by atoms with Gasteiger partial charge in [-0.15, -0.1) is 0 Å². The van der Waals surface area contributed by atoms with Crippen molar-refractivity contribution in [3.8, 4) is 17.0 Å². The average Bonchev–Trinajstić information content (AvgIpc) is 3.22. The van der Waals surface area contributed by atoms with E-state index in [1.165, 1.54) is 6.07 Å². The lowest BCUT2D eigenvalue weighted by molar-refractivity contribution is 0.000132.